The Morgan fingerprint density at radius 3 is 2.37 bits per heavy atom. The summed E-state index contributed by atoms with van der Waals surface area (Å²) in [5, 5.41) is 0. The second kappa shape index (κ2) is 8.44. The van der Waals surface area contributed by atoms with Crippen LogP contribution in [0.15, 0.2) is 60.2 Å². The molecule has 2 aromatic carbocycles. The molecule has 1 atom stereocenters. The van der Waals surface area contributed by atoms with E-state index in [1.54, 1.807) is 0 Å². The molecule has 0 bridgehead atoms. The van der Waals surface area contributed by atoms with Gasteiger partial charge in [0, 0.05) is 38.4 Å². The molecule has 4 rings (SSSR count). The van der Waals surface area contributed by atoms with Crippen LogP contribution < -0.4 is 4.90 Å². The molecule has 1 saturated heterocycles. The number of nitrogens with zero attached hydrogens (tertiary/aromatic N) is 3. The van der Waals surface area contributed by atoms with Gasteiger partial charge < -0.3 is 14.7 Å². The topological polar surface area (TPSA) is 9.72 Å². The average Bonchev–Trinajstić information content (AvgIpc) is 2.74. The fourth-order valence-corrected chi connectivity index (χ4v) is 4.59. The molecule has 0 saturated carbocycles. The van der Waals surface area contributed by atoms with Gasteiger partial charge in [-0.3, -0.25) is 0 Å². The number of anilines is 1. The van der Waals surface area contributed by atoms with Gasteiger partial charge in [-0.05, 0) is 55.4 Å². The zero-order valence-corrected chi connectivity index (χ0v) is 17.5. The lowest BCUT2D eigenvalue weighted by atomic mass is 9.87. The monoisotopic (exact) mass is 415 g/mol. The predicted octanol–water partition coefficient (Wildman–Crippen LogP) is 4.62. The van der Waals surface area contributed by atoms with Crippen molar-refractivity contribution in [3.63, 3.8) is 0 Å². The molecule has 1 unspecified atom stereocenters. The molecule has 2 aromatic rings. The van der Waals surface area contributed by atoms with E-state index in [0.29, 0.717) is 12.2 Å². The van der Waals surface area contributed by atoms with Gasteiger partial charge in [0.15, 0.2) is 0 Å². The quantitative estimate of drug-likeness (QED) is 0.725. The highest BCUT2D eigenvalue weighted by Crippen LogP contribution is 2.36. The van der Waals surface area contributed by atoms with E-state index in [9.17, 15) is 13.2 Å². The fraction of sp³-hybridized carbons (Fsp3) is 0.417. The zero-order chi connectivity index (χ0) is 21.3. The first kappa shape index (κ1) is 20.9. The highest BCUT2D eigenvalue weighted by atomic mass is 19.4. The van der Waals surface area contributed by atoms with Crippen LogP contribution in [0, 0.1) is 0 Å². The van der Waals surface area contributed by atoms with Gasteiger partial charge in [-0.1, -0.05) is 36.4 Å². The SMILES string of the molecule is CN1CCC(c2ccccc2)=C(C2CN(C)CCN2c2cccc(C(F)(F)F)c2)C1. The molecule has 0 amide bonds. The summed E-state index contributed by atoms with van der Waals surface area (Å²) in [6.45, 7) is 4.15. The van der Waals surface area contributed by atoms with Crippen LogP contribution in [-0.2, 0) is 6.18 Å². The molecule has 3 nitrogen and oxygen atoms in total. The summed E-state index contributed by atoms with van der Waals surface area (Å²) < 4.78 is 40.0. The van der Waals surface area contributed by atoms with Gasteiger partial charge in [0.05, 0.1) is 11.6 Å². The zero-order valence-electron chi connectivity index (χ0n) is 17.5. The Morgan fingerprint density at radius 1 is 0.867 bits per heavy atom. The Labute approximate surface area is 176 Å². The first-order valence-electron chi connectivity index (χ1n) is 10.4. The summed E-state index contributed by atoms with van der Waals surface area (Å²) in [5.41, 5.74) is 3.94. The normalized spacial score (nSPS) is 21.9. The van der Waals surface area contributed by atoms with Gasteiger partial charge in [-0.2, -0.15) is 13.2 Å². The molecule has 0 aliphatic carbocycles. The highest BCUT2D eigenvalue weighted by molar-refractivity contribution is 5.72. The average molecular weight is 416 g/mol. The van der Waals surface area contributed by atoms with E-state index < -0.39 is 11.7 Å². The van der Waals surface area contributed by atoms with E-state index in [1.807, 2.05) is 12.1 Å². The van der Waals surface area contributed by atoms with Crippen LogP contribution in [-0.4, -0.2) is 62.7 Å². The molecular weight excluding hydrogens is 387 g/mol. The lowest BCUT2D eigenvalue weighted by Gasteiger charge is -2.45. The predicted molar refractivity (Wildman–Crippen MR) is 116 cm³/mol. The Morgan fingerprint density at radius 2 is 1.63 bits per heavy atom. The molecule has 0 N–H and O–H groups in total. The van der Waals surface area contributed by atoms with Crippen LogP contribution in [0.25, 0.3) is 5.57 Å². The number of piperazine rings is 1. The van der Waals surface area contributed by atoms with Crippen LogP contribution in [0.5, 0.6) is 0 Å². The number of alkyl halides is 3. The van der Waals surface area contributed by atoms with Crippen LogP contribution >= 0.6 is 0 Å². The maximum Gasteiger partial charge on any atom is 0.416 e. The molecular formula is C24H28F3N3. The number of hydrogen-bond acceptors (Lipinski definition) is 3. The third-order valence-electron chi connectivity index (χ3n) is 6.18. The summed E-state index contributed by atoms with van der Waals surface area (Å²) in [6.07, 6.45) is -3.38. The molecule has 0 aromatic heterocycles. The molecule has 160 valence electrons. The van der Waals surface area contributed by atoms with Crippen molar-refractivity contribution in [3.8, 4) is 0 Å². The van der Waals surface area contributed by atoms with Crippen LogP contribution in [0.2, 0.25) is 0 Å². The van der Waals surface area contributed by atoms with E-state index in [0.717, 1.165) is 38.7 Å². The Hall–Kier alpha value is -2.31. The van der Waals surface area contributed by atoms with E-state index in [2.05, 4.69) is 53.1 Å². The summed E-state index contributed by atoms with van der Waals surface area (Å²) in [5.74, 6) is 0. The van der Waals surface area contributed by atoms with E-state index in [-0.39, 0.29) is 6.04 Å². The van der Waals surface area contributed by atoms with Gasteiger partial charge in [0.1, 0.15) is 0 Å². The molecule has 2 heterocycles. The molecule has 0 spiro atoms. The van der Waals surface area contributed by atoms with Crippen molar-refractivity contribution in [2.75, 3.05) is 51.7 Å². The van der Waals surface area contributed by atoms with Gasteiger partial charge in [-0.15, -0.1) is 0 Å². The lowest BCUT2D eigenvalue weighted by molar-refractivity contribution is -0.137. The largest absolute Gasteiger partial charge is 0.416 e. The smallest absolute Gasteiger partial charge is 0.362 e. The molecule has 2 aliphatic rings. The Kier molecular flexibility index (Phi) is 5.89. The standard InChI is InChI=1S/C24H28F3N3/c1-28-12-11-21(18-7-4-3-5-8-18)22(16-28)23-17-29(2)13-14-30(23)20-10-6-9-19(15-20)24(25,26)27/h3-10,15,23H,11-14,16-17H2,1-2H3. The molecule has 30 heavy (non-hydrogen) atoms. The highest BCUT2D eigenvalue weighted by Gasteiger charge is 2.35. The lowest BCUT2D eigenvalue weighted by Crippen LogP contribution is -2.54. The van der Waals surface area contributed by atoms with Crippen molar-refractivity contribution < 1.29 is 13.2 Å². The molecule has 2 aliphatic heterocycles. The maximum atomic E-state index is 13.3. The van der Waals surface area contributed by atoms with Crippen molar-refractivity contribution in [2.45, 2.75) is 18.6 Å². The van der Waals surface area contributed by atoms with Gasteiger partial charge in [0.25, 0.3) is 0 Å². The summed E-state index contributed by atoms with van der Waals surface area (Å²) >= 11 is 0. The molecule has 0 radical (unpaired) electrons. The Bertz CT molecular complexity index is 907. The summed E-state index contributed by atoms with van der Waals surface area (Å²) in [7, 11) is 4.20. The van der Waals surface area contributed by atoms with Crippen LogP contribution in [0.3, 0.4) is 0 Å². The second-order valence-corrected chi connectivity index (χ2v) is 8.38. The van der Waals surface area contributed by atoms with Crippen molar-refractivity contribution in [2.24, 2.45) is 0 Å². The Balaban J connectivity index is 1.78. The number of likely N-dealkylation sites (N-methyl/N-ethyl adjacent to an activating group) is 2. The van der Waals surface area contributed by atoms with Crippen LogP contribution in [0.1, 0.15) is 17.5 Å². The number of halogens is 3. The van der Waals surface area contributed by atoms with Crippen molar-refractivity contribution in [1.29, 1.82) is 0 Å². The second-order valence-electron chi connectivity index (χ2n) is 8.38. The first-order valence-corrected chi connectivity index (χ1v) is 10.4. The third kappa shape index (κ3) is 4.40. The van der Waals surface area contributed by atoms with Gasteiger partial charge in [0.2, 0.25) is 0 Å². The number of hydrogen-bond donors (Lipinski definition) is 0. The van der Waals surface area contributed by atoms with Crippen molar-refractivity contribution in [1.82, 2.24) is 9.80 Å². The van der Waals surface area contributed by atoms with Gasteiger partial charge >= 0.3 is 6.18 Å². The maximum absolute atomic E-state index is 13.3. The minimum atomic E-state index is -4.34. The van der Waals surface area contributed by atoms with Crippen LogP contribution in [0.4, 0.5) is 18.9 Å². The summed E-state index contributed by atoms with van der Waals surface area (Å²) in [4.78, 5) is 6.76. The fourth-order valence-electron chi connectivity index (χ4n) is 4.59. The van der Waals surface area contributed by atoms with E-state index in [1.165, 1.54) is 28.8 Å². The molecule has 1 fully saturated rings. The number of rotatable bonds is 3. The third-order valence-corrected chi connectivity index (χ3v) is 6.18. The van der Waals surface area contributed by atoms with Crippen molar-refractivity contribution >= 4 is 11.3 Å². The number of benzene rings is 2. The van der Waals surface area contributed by atoms with E-state index >= 15 is 0 Å². The molecule has 6 heteroatoms. The van der Waals surface area contributed by atoms with Crippen molar-refractivity contribution in [3.05, 3.63) is 71.3 Å². The summed E-state index contributed by atoms with van der Waals surface area (Å²) in [6, 6.07) is 16.2. The minimum absolute atomic E-state index is 0.0465. The van der Waals surface area contributed by atoms with Gasteiger partial charge in [-0.25, -0.2) is 0 Å². The first-order chi connectivity index (χ1) is 14.3. The van der Waals surface area contributed by atoms with E-state index in [4.69, 9.17) is 0 Å². The minimum Gasteiger partial charge on any atom is -0.362 e.